The van der Waals surface area contributed by atoms with Crippen LogP contribution >= 0.6 is 23.9 Å². The standard InChI is InChI=1S/C22H26BrF3NP/c1-13-8-14-9-16(28(4)5)6-7-17(14)21(27(13)12-22(2,3)26)20-18(24)10-15(23)11-19(20)25/h6-7,9-11,13,21H,8,12H2,1-5H3/t13-,21+/m1/s1. The minimum Gasteiger partial charge on any atom is -0.286 e. The average molecular weight is 472 g/mol. The van der Waals surface area contributed by atoms with Crippen LogP contribution in [0.15, 0.2) is 34.8 Å². The Hall–Kier alpha value is -0.900. The van der Waals surface area contributed by atoms with E-state index in [0.717, 1.165) is 17.5 Å². The molecule has 3 rings (SSSR count). The van der Waals surface area contributed by atoms with Crippen molar-refractivity contribution in [1.82, 2.24) is 4.90 Å². The van der Waals surface area contributed by atoms with Crippen LogP contribution in [-0.2, 0) is 6.42 Å². The highest BCUT2D eigenvalue weighted by atomic mass is 79.9. The van der Waals surface area contributed by atoms with Gasteiger partial charge < -0.3 is 0 Å². The summed E-state index contributed by atoms with van der Waals surface area (Å²) >= 11 is 3.15. The van der Waals surface area contributed by atoms with E-state index in [0.29, 0.717) is 4.47 Å². The number of benzene rings is 2. The molecule has 6 heteroatoms. The van der Waals surface area contributed by atoms with E-state index in [9.17, 15) is 13.2 Å². The van der Waals surface area contributed by atoms with E-state index >= 15 is 0 Å². The van der Waals surface area contributed by atoms with E-state index in [1.807, 2.05) is 24.0 Å². The third-order valence-electron chi connectivity index (χ3n) is 5.23. The van der Waals surface area contributed by atoms with Gasteiger partial charge >= 0.3 is 0 Å². The predicted molar refractivity (Wildman–Crippen MR) is 116 cm³/mol. The van der Waals surface area contributed by atoms with E-state index in [4.69, 9.17) is 0 Å². The van der Waals surface area contributed by atoms with Gasteiger partial charge in [0.1, 0.15) is 17.3 Å². The summed E-state index contributed by atoms with van der Waals surface area (Å²) in [5.41, 5.74) is 0.472. The Morgan fingerprint density at radius 2 is 1.75 bits per heavy atom. The normalized spacial score (nSPS) is 20.5. The summed E-state index contributed by atoms with van der Waals surface area (Å²) in [7, 11) is -0.272. The Balaban J connectivity index is 2.22. The maximum absolute atomic E-state index is 14.9. The molecule has 1 nitrogen and oxygen atoms in total. The smallest absolute Gasteiger partial charge is 0.132 e. The summed E-state index contributed by atoms with van der Waals surface area (Å²) in [6, 6.07) is 8.05. The molecule has 2 aromatic carbocycles. The van der Waals surface area contributed by atoms with Crippen LogP contribution in [0.5, 0.6) is 0 Å². The summed E-state index contributed by atoms with van der Waals surface area (Å²) in [6.07, 6.45) is 0.735. The van der Waals surface area contributed by atoms with Gasteiger partial charge in [0.15, 0.2) is 0 Å². The van der Waals surface area contributed by atoms with Crippen molar-refractivity contribution in [2.24, 2.45) is 0 Å². The molecule has 0 saturated carbocycles. The summed E-state index contributed by atoms with van der Waals surface area (Å²) in [5.74, 6) is -1.23. The first-order valence-corrected chi connectivity index (χ1v) is 12.4. The Kier molecular flexibility index (Phi) is 6.29. The number of nitrogens with zero attached hydrogens (tertiary/aromatic N) is 1. The lowest BCUT2D eigenvalue weighted by Crippen LogP contribution is -2.48. The molecule has 0 bridgehead atoms. The number of rotatable bonds is 4. The Morgan fingerprint density at radius 1 is 1.14 bits per heavy atom. The Bertz CT molecular complexity index is 856. The first kappa shape index (κ1) is 21.8. The fourth-order valence-electron chi connectivity index (χ4n) is 4.00. The van der Waals surface area contributed by atoms with E-state index in [1.165, 1.54) is 31.3 Å². The third kappa shape index (κ3) is 4.47. The summed E-state index contributed by atoms with van der Waals surface area (Å²) in [4.78, 5) is 1.90. The highest BCUT2D eigenvalue weighted by molar-refractivity contribution is 9.10. The van der Waals surface area contributed by atoms with E-state index in [1.54, 1.807) is 0 Å². The number of fused-ring (bicyclic) bond motifs is 1. The monoisotopic (exact) mass is 471 g/mol. The van der Waals surface area contributed by atoms with Crippen LogP contribution in [0, 0.1) is 11.6 Å². The van der Waals surface area contributed by atoms with Crippen LogP contribution in [0.1, 0.15) is 43.5 Å². The zero-order valence-corrected chi connectivity index (χ0v) is 19.3. The van der Waals surface area contributed by atoms with Crippen LogP contribution in [0.4, 0.5) is 13.2 Å². The zero-order chi connectivity index (χ0) is 20.8. The maximum atomic E-state index is 14.9. The van der Waals surface area contributed by atoms with Gasteiger partial charge in [0.2, 0.25) is 0 Å². The zero-order valence-electron chi connectivity index (χ0n) is 16.9. The van der Waals surface area contributed by atoms with Crippen molar-refractivity contribution in [1.29, 1.82) is 0 Å². The van der Waals surface area contributed by atoms with Gasteiger partial charge in [-0.05, 0) is 69.1 Å². The Labute approximate surface area is 175 Å². The fourth-order valence-corrected chi connectivity index (χ4v) is 5.19. The van der Waals surface area contributed by atoms with Crippen molar-refractivity contribution in [3.05, 3.63) is 63.1 Å². The number of halogens is 4. The molecule has 1 aliphatic rings. The minimum atomic E-state index is -1.48. The molecule has 28 heavy (non-hydrogen) atoms. The molecule has 1 aliphatic heterocycles. The highest BCUT2D eigenvalue weighted by Gasteiger charge is 2.39. The van der Waals surface area contributed by atoms with Gasteiger partial charge in [-0.25, -0.2) is 13.2 Å². The lowest BCUT2D eigenvalue weighted by atomic mass is 9.84. The van der Waals surface area contributed by atoms with Crippen LogP contribution < -0.4 is 5.30 Å². The summed E-state index contributed by atoms with van der Waals surface area (Å²) < 4.78 is 44.9. The predicted octanol–water partition coefficient (Wildman–Crippen LogP) is 6.18. The van der Waals surface area contributed by atoms with Gasteiger partial charge in [0.05, 0.1) is 6.04 Å². The van der Waals surface area contributed by atoms with Crippen molar-refractivity contribution in [3.63, 3.8) is 0 Å². The van der Waals surface area contributed by atoms with Gasteiger partial charge in [0, 0.05) is 22.6 Å². The Morgan fingerprint density at radius 3 is 2.29 bits per heavy atom. The molecule has 0 fully saturated rings. The number of hydrogen-bond donors (Lipinski definition) is 0. The first-order valence-electron chi connectivity index (χ1n) is 9.37. The second-order valence-electron chi connectivity index (χ2n) is 8.41. The molecule has 0 aliphatic carbocycles. The van der Waals surface area contributed by atoms with Crippen LogP contribution in [0.3, 0.4) is 0 Å². The van der Waals surface area contributed by atoms with Gasteiger partial charge in [-0.3, -0.25) is 4.90 Å². The molecule has 0 N–H and O–H groups in total. The van der Waals surface area contributed by atoms with Crippen LogP contribution in [0.2, 0.25) is 0 Å². The molecular formula is C22H26BrF3NP. The summed E-state index contributed by atoms with van der Waals surface area (Å²) in [6.45, 7) is 9.49. The first-order chi connectivity index (χ1) is 13.0. The quantitative estimate of drug-likeness (QED) is 0.481. The van der Waals surface area contributed by atoms with Gasteiger partial charge in [-0.1, -0.05) is 42.1 Å². The second kappa shape index (κ2) is 8.08. The van der Waals surface area contributed by atoms with Crippen molar-refractivity contribution < 1.29 is 13.2 Å². The van der Waals surface area contributed by atoms with Gasteiger partial charge in [-0.2, -0.15) is 0 Å². The van der Waals surface area contributed by atoms with E-state index < -0.39 is 23.3 Å². The molecule has 1 heterocycles. The molecule has 0 radical (unpaired) electrons. The molecule has 0 spiro atoms. The molecular weight excluding hydrogens is 446 g/mol. The number of alkyl halides is 1. The van der Waals surface area contributed by atoms with Crippen LogP contribution in [-0.4, -0.2) is 36.5 Å². The van der Waals surface area contributed by atoms with Gasteiger partial charge in [-0.15, -0.1) is 0 Å². The topological polar surface area (TPSA) is 3.24 Å². The van der Waals surface area contributed by atoms with E-state index in [2.05, 4.69) is 35.3 Å². The molecule has 2 aromatic rings. The fraction of sp³-hybridized carbons (Fsp3) is 0.455. The average Bonchev–Trinajstić information content (AvgIpc) is 2.54. The van der Waals surface area contributed by atoms with Crippen molar-refractivity contribution in [2.45, 2.75) is 44.9 Å². The van der Waals surface area contributed by atoms with Crippen LogP contribution in [0.25, 0.3) is 0 Å². The maximum Gasteiger partial charge on any atom is 0.132 e. The van der Waals surface area contributed by atoms with Crippen molar-refractivity contribution in [2.75, 3.05) is 19.9 Å². The van der Waals surface area contributed by atoms with Crippen molar-refractivity contribution >= 4 is 29.2 Å². The van der Waals surface area contributed by atoms with E-state index in [-0.39, 0.29) is 26.1 Å². The second-order valence-corrected chi connectivity index (χ2v) is 11.6. The largest absolute Gasteiger partial charge is 0.286 e. The lowest BCUT2D eigenvalue weighted by Gasteiger charge is -2.44. The van der Waals surface area contributed by atoms with Crippen molar-refractivity contribution in [3.8, 4) is 0 Å². The third-order valence-corrected chi connectivity index (χ3v) is 7.00. The molecule has 0 unspecified atom stereocenters. The SMILES string of the molecule is C[C@@H]1Cc2cc(P(C)C)ccc2[C@@H](c2c(F)cc(Br)cc2F)N1CC(C)(C)F. The molecule has 0 aromatic heterocycles. The molecule has 152 valence electrons. The highest BCUT2D eigenvalue weighted by Crippen LogP contribution is 2.42. The summed E-state index contributed by atoms with van der Waals surface area (Å²) in [5, 5.41) is 1.26. The molecule has 0 saturated heterocycles. The number of hydrogen-bond acceptors (Lipinski definition) is 1. The molecule has 0 amide bonds. The minimum absolute atomic E-state index is 0.0109. The molecule has 2 atom stereocenters. The lowest BCUT2D eigenvalue weighted by molar-refractivity contribution is 0.0653. The van der Waals surface area contributed by atoms with Gasteiger partial charge in [0.25, 0.3) is 0 Å².